The van der Waals surface area contributed by atoms with Crippen LogP contribution >= 0.6 is 0 Å². The third-order valence-electron chi connectivity index (χ3n) is 5.07. The fourth-order valence-corrected chi connectivity index (χ4v) is 3.72. The van der Waals surface area contributed by atoms with Gasteiger partial charge in [-0.2, -0.15) is 0 Å². The SMILES string of the molecule is COc1cc(CC(=O)Nc2cccc(CC3CCCCC3)c2)ccc1O. The fraction of sp³-hybridized carbons (Fsp3) is 0.409. The molecular formula is C22H27NO3. The number of anilines is 1. The minimum Gasteiger partial charge on any atom is -0.504 e. The van der Waals surface area contributed by atoms with Crippen LogP contribution in [0.5, 0.6) is 11.5 Å². The summed E-state index contributed by atoms with van der Waals surface area (Å²) in [5, 5.41) is 12.6. The maximum Gasteiger partial charge on any atom is 0.228 e. The van der Waals surface area contributed by atoms with Crippen molar-refractivity contribution in [3.05, 3.63) is 53.6 Å². The first-order chi connectivity index (χ1) is 12.6. The van der Waals surface area contributed by atoms with Gasteiger partial charge in [-0.05, 0) is 47.7 Å². The summed E-state index contributed by atoms with van der Waals surface area (Å²) >= 11 is 0. The first-order valence-electron chi connectivity index (χ1n) is 9.38. The molecule has 0 radical (unpaired) electrons. The number of methoxy groups -OCH3 is 1. The van der Waals surface area contributed by atoms with Gasteiger partial charge in [0.2, 0.25) is 5.91 Å². The zero-order chi connectivity index (χ0) is 18.4. The van der Waals surface area contributed by atoms with E-state index in [1.807, 2.05) is 12.1 Å². The Kier molecular flexibility index (Phi) is 6.16. The number of carbonyl (C=O) groups excluding carboxylic acids is 1. The van der Waals surface area contributed by atoms with Gasteiger partial charge in [-0.3, -0.25) is 4.79 Å². The maximum atomic E-state index is 12.4. The van der Waals surface area contributed by atoms with Crippen molar-refractivity contribution in [2.75, 3.05) is 12.4 Å². The number of aromatic hydroxyl groups is 1. The van der Waals surface area contributed by atoms with E-state index in [9.17, 15) is 9.90 Å². The Morgan fingerprint density at radius 2 is 1.92 bits per heavy atom. The summed E-state index contributed by atoms with van der Waals surface area (Å²) in [7, 11) is 1.50. The van der Waals surface area contributed by atoms with Crippen LogP contribution in [0.1, 0.15) is 43.2 Å². The molecule has 3 rings (SSSR count). The highest BCUT2D eigenvalue weighted by Crippen LogP contribution is 2.28. The average Bonchev–Trinajstić information content (AvgIpc) is 2.64. The molecule has 0 heterocycles. The smallest absolute Gasteiger partial charge is 0.228 e. The molecule has 1 aliphatic rings. The van der Waals surface area contributed by atoms with Crippen molar-refractivity contribution in [1.82, 2.24) is 0 Å². The van der Waals surface area contributed by atoms with Crippen LogP contribution in [0, 0.1) is 5.92 Å². The van der Waals surface area contributed by atoms with E-state index < -0.39 is 0 Å². The van der Waals surface area contributed by atoms with Crippen LogP contribution in [0.2, 0.25) is 0 Å². The molecule has 138 valence electrons. The van der Waals surface area contributed by atoms with Crippen molar-refractivity contribution < 1.29 is 14.6 Å². The lowest BCUT2D eigenvalue weighted by Gasteiger charge is -2.21. The normalized spacial score (nSPS) is 14.8. The molecule has 0 atom stereocenters. The molecule has 2 aromatic carbocycles. The van der Waals surface area contributed by atoms with Gasteiger partial charge >= 0.3 is 0 Å². The van der Waals surface area contributed by atoms with Gasteiger partial charge in [0.15, 0.2) is 11.5 Å². The Balaban J connectivity index is 1.59. The molecule has 1 fully saturated rings. The Labute approximate surface area is 155 Å². The van der Waals surface area contributed by atoms with Gasteiger partial charge < -0.3 is 15.2 Å². The quantitative estimate of drug-likeness (QED) is 0.791. The largest absolute Gasteiger partial charge is 0.504 e. The van der Waals surface area contributed by atoms with Crippen molar-refractivity contribution >= 4 is 11.6 Å². The molecule has 4 nitrogen and oxygen atoms in total. The number of nitrogens with one attached hydrogen (secondary N) is 1. The second kappa shape index (κ2) is 8.75. The van der Waals surface area contributed by atoms with E-state index in [2.05, 4.69) is 17.4 Å². The van der Waals surface area contributed by atoms with Gasteiger partial charge in [0.1, 0.15) is 0 Å². The van der Waals surface area contributed by atoms with Crippen molar-refractivity contribution in [3.63, 3.8) is 0 Å². The lowest BCUT2D eigenvalue weighted by molar-refractivity contribution is -0.115. The predicted molar refractivity (Wildman–Crippen MR) is 104 cm³/mol. The second-order valence-corrected chi connectivity index (χ2v) is 7.14. The Morgan fingerprint density at radius 3 is 2.69 bits per heavy atom. The molecule has 0 unspecified atom stereocenters. The molecule has 26 heavy (non-hydrogen) atoms. The monoisotopic (exact) mass is 353 g/mol. The maximum absolute atomic E-state index is 12.4. The molecule has 4 heteroatoms. The van der Waals surface area contributed by atoms with Crippen molar-refractivity contribution in [3.8, 4) is 11.5 Å². The number of phenolic OH excluding ortho intramolecular Hbond substituents is 1. The number of benzene rings is 2. The predicted octanol–water partition coefficient (Wildman–Crippen LogP) is 4.70. The van der Waals surface area contributed by atoms with E-state index in [0.717, 1.165) is 23.6 Å². The van der Waals surface area contributed by atoms with Crippen LogP contribution in [0.15, 0.2) is 42.5 Å². The first kappa shape index (κ1) is 18.3. The summed E-state index contributed by atoms with van der Waals surface area (Å²) in [4.78, 5) is 12.4. The van der Waals surface area contributed by atoms with E-state index in [1.165, 1.54) is 44.8 Å². The van der Waals surface area contributed by atoms with Gasteiger partial charge in [0.05, 0.1) is 13.5 Å². The van der Waals surface area contributed by atoms with Gasteiger partial charge in [-0.1, -0.05) is 50.3 Å². The summed E-state index contributed by atoms with van der Waals surface area (Å²) < 4.78 is 5.09. The van der Waals surface area contributed by atoms with E-state index in [1.54, 1.807) is 18.2 Å². The standard InChI is InChI=1S/C22H27NO3/c1-26-21-14-18(10-11-20(21)24)15-22(25)23-19-9-5-8-17(13-19)12-16-6-3-2-4-7-16/h5,8-11,13-14,16,24H,2-4,6-7,12,15H2,1H3,(H,23,25). The number of amides is 1. The lowest BCUT2D eigenvalue weighted by Crippen LogP contribution is -2.15. The Bertz CT molecular complexity index is 751. The second-order valence-electron chi connectivity index (χ2n) is 7.14. The third kappa shape index (κ3) is 5.01. The fourth-order valence-electron chi connectivity index (χ4n) is 3.72. The molecule has 2 N–H and O–H groups in total. The number of phenols is 1. The van der Waals surface area contributed by atoms with Crippen molar-refractivity contribution in [2.24, 2.45) is 5.92 Å². The molecule has 0 spiro atoms. The van der Waals surface area contributed by atoms with Gasteiger partial charge in [0.25, 0.3) is 0 Å². The van der Waals surface area contributed by atoms with Crippen LogP contribution in [0.4, 0.5) is 5.69 Å². The van der Waals surface area contributed by atoms with E-state index in [0.29, 0.717) is 5.75 Å². The first-order valence-corrected chi connectivity index (χ1v) is 9.38. The summed E-state index contributed by atoms with van der Waals surface area (Å²) in [5.74, 6) is 1.16. The van der Waals surface area contributed by atoms with Crippen LogP contribution in [0.25, 0.3) is 0 Å². The molecule has 1 amide bonds. The van der Waals surface area contributed by atoms with Crippen LogP contribution in [-0.4, -0.2) is 18.1 Å². The highest BCUT2D eigenvalue weighted by molar-refractivity contribution is 5.92. The van der Waals surface area contributed by atoms with Crippen LogP contribution in [-0.2, 0) is 17.6 Å². The molecule has 0 aliphatic heterocycles. The number of carbonyl (C=O) groups is 1. The highest BCUT2D eigenvalue weighted by atomic mass is 16.5. The molecule has 0 bridgehead atoms. The molecule has 2 aromatic rings. The molecule has 0 aromatic heterocycles. The number of hydrogen-bond acceptors (Lipinski definition) is 3. The Morgan fingerprint density at radius 1 is 1.12 bits per heavy atom. The van der Waals surface area contributed by atoms with Gasteiger partial charge in [-0.25, -0.2) is 0 Å². The number of hydrogen-bond donors (Lipinski definition) is 2. The summed E-state index contributed by atoms with van der Waals surface area (Å²) in [5.41, 5.74) is 2.94. The zero-order valence-electron chi connectivity index (χ0n) is 15.3. The van der Waals surface area contributed by atoms with E-state index in [4.69, 9.17) is 4.74 Å². The van der Waals surface area contributed by atoms with Crippen LogP contribution < -0.4 is 10.1 Å². The molecular weight excluding hydrogens is 326 g/mol. The number of rotatable bonds is 6. The topological polar surface area (TPSA) is 58.6 Å². The minimum absolute atomic E-state index is 0.0760. The zero-order valence-corrected chi connectivity index (χ0v) is 15.3. The van der Waals surface area contributed by atoms with Crippen molar-refractivity contribution in [1.29, 1.82) is 0 Å². The summed E-state index contributed by atoms with van der Waals surface area (Å²) in [6, 6.07) is 13.1. The molecule has 0 saturated heterocycles. The molecule has 1 aliphatic carbocycles. The summed E-state index contributed by atoms with van der Waals surface area (Å²) in [6.07, 6.45) is 8.03. The Hall–Kier alpha value is -2.49. The highest BCUT2D eigenvalue weighted by Gasteiger charge is 2.14. The molecule has 1 saturated carbocycles. The average molecular weight is 353 g/mol. The lowest BCUT2D eigenvalue weighted by atomic mass is 9.85. The third-order valence-corrected chi connectivity index (χ3v) is 5.07. The number of ether oxygens (including phenoxy) is 1. The van der Waals surface area contributed by atoms with Gasteiger partial charge in [-0.15, -0.1) is 0 Å². The van der Waals surface area contributed by atoms with E-state index in [-0.39, 0.29) is 18.1 Å². The van der Waals surface area contributed by atoms with Crippen LogP contribution in [0.3, 0.4) is 0 Å². The summed E-state index contributed by atoms with van der Waals surface area (Å²) in [6.45, 7) is 0. The van der Waals surface area contributed by atoms with Gasteiger partial charge in [0, 0.05) is 5.69 Å². The minimum atomic E-state index is -0.0763. The van der Waals surface area contributed by atoms with Crippen molar-refractivity contribution in [2.45, 2.75) is 44.9 Å². The van der Waals surface area contributed by atoms with E-state index >= 15 is 0 Å².